The summed E-state index contributed by atoms with van der Waals surface area (Å²) in [6, 6.07) is 2.06. The Labute approximate surface area is 112 Å². The number of aromatic nitrogens is 3. The van der Waals surface area contributed by atoms with Gasteiger partial charge in [-0.2, -0.15) is 4.98 Å². The molecule has 3 heterocycles. The van der Waals surface area contributed by atoms with Crippen molar-refractivity contribution in [3.63, 3.8) is 0 Å². The van der Waals surface area contributed by atoms with Gasteiger partial charge in [0.05, 0.1) is 5.92 Å². The maximum Gasteiger partial charge on any atom is 0.231 e. The van der Waals surface area contributed by atoms with Gasteiger partial charge in [0.25, 0.3) is 0 Å². The quantitative estimate of drug-likeness (QED) is 0.843. The average Bonchev–Trinajstić information content (AvgIpc) is 3.01. The van der Waals surface area contributed by atoms with Crippen LogP contribution in [0, 0.1) is 13.8 Å². The molecule has 3 rings (SSSR count). The highest BCUT2D eigenvalue weighted by Gasteiger charge is 2.28. The van der Waals surface area contributed by atoms with Gasteiger partial charge in [-0.15, -0.1) is 0 Å². The molecule has 0 spiro atoms. The molecule has 100 valence electrons. The van der Waals surface area contributed by atoms with E-state index in [2.05, 4.69) is 33.0 Å². The molecule has 0 N–H and O–H groups in total. The van der Waals surface area contributed by atoms with Crippen LogP contribution < -0.4 is 0 Å². The number of pyridine rings is 1. The van der Waals surface area contributed by atoms with Crippen LogP contribution in [-0.4, -0.2) is 33.1 Å². The Kier molecular flexibility index (Phi) is 3.29. The van der Waals surface area contributed by atoms with Crippen LogP contribution in [0.15, 0.2) is 23.0 Å². The first-order valence-corrected chi connectivity index (χ1v) is 6.64. The van der Waals surface area contributed by atoms with Crippen molar-refractivity contribution in [1.82, 2.24) is 20.0 Å². The summed E-state index contributed by atoms with van der Waals surface area (Å²) in [5.74, 6) is 1.87. The van der Waals surface area contributed by atoms with Crippen molar-refractivity contribution in [2.45, 2.75) is 32.7 Å². The van der Waals surface area contributed by atoms with E-state index in [4.69, 9.17) is 4.52 Å². The number of hydrogen-bond acceptors (Lipinski definition) is 5. The summed E-state index contributed by atoms with van der Waals surface area (Å²) in [4.78, 5) is 11.0. The van der Waals surface area contributed by atoms with Crippen molar-refractivity contribution in [2.75, 3.05) is 13.1 Å². The van der Waals surface area contributed by atoms with Crippen LogP contribution in [0.5, 0.6) is 0 Å². The molecule has 5 nitrogen and oxygen atoms in total. The van der Waals surface area contributed by atoms with Crippen molar-refractivity contribution >= 4 is 0 Å². The van der Waals surface area contributed by atoms with Gasteiger partial charge in [-0.1, -0.05) is 5.16 Å². The summed E-state index contributed by atoms with van der Waals surface area (Å²) in [7, 11) is 0. The molecule has 0 radical (unpaired) electrons. The molecule has 1 unspecified atom stereocenters. The Hall–Kier alpha value is -1.75. The van der Waals surface area contributed by atoms with Gasteiger partial charge < -0.3 is 4.52 Å². The second-order valence-corrected chi connectivity index (χ2v) is 5.20. The van der Waals surface area contributed by atoms with Gasteiger partial charge in [0, 0.05) is 25.5 Å². The van der Waals surface area contributed by atoms with E-state index in [9.17, 15) is 0 Å². The number of aryl methyl sites for hydroxylation is 2. The highest BCUT2D eigenvalue weighted by atomic mass is 16.5. The van der Waals surface area contributed by atoms with Crippen LogP contribution in [0.1, 0.15) is 35.2 Å². The molecule has 0 aromatic carbocycles. The van der Waals surface area contributed by atoms with E-state index in [1.165, 1.54) is 11.1 Å². The molecule has 0 bridgehead atoms. The van der Waals surface area contributed by atoms with Crippen molar-refractivity contribution < 1.29 is 4.52 Å². The molecule has 0 amide bonds. The zero-order valence-electron chi connectivity index (χ0n) is 11.3. The van der Waals surface area contributed by atoms with Crippen molar-refractivity contribution in [2.24, 2.45) is 0 Å². The third kappa shape index (κ3) is 2.66. The largest absolute Gasteiger partial charge is 0.339 e. The number of hydrogen-bond donors (Lipinski definition) is 0. The fourth-order valence-electron chi connectivity index (χ4n) is 2.56. The van der Waals surface area contributed by atoms with Crippen LogP contribution in [0.25, 0.3) is 0 Å². The van der Waals surface area contributed by atoms with Gasteiger partial charge in [-0.3, -0.25) is 9.88 Å². The number of nitrogens with zero attached hydrogens (tertiary/aromatic N) is 4. The van der Waals surface area contributed by atoms with Crippen LogP contribution >= 0.6 is 0 Å². The van der Waals surface area contributed by atoms with Gasteiger partial charge >= 0.3 is 0 Å². The first kappa shape index (κ1) is 12.3. The SMILES string of the molecule is Cc1noc(C2CCN(Cc3cnccc3C)C2)n1. The van der Waals surface area contributed by atoms with Crippen molar-refractivity contribution in [3.05, 3.63) is 41.3 Å². The van der Waals surface area contributed by atoms with Gasteiger partial charge in [-0.25, -0.2) is 0 Å². The smallest absolute Gasteiger partial charge is 0.231 e. The monoisotopic (exact) mass is 258 g/mol. The Bertz CT molecular complexity index is 566. The molecule has 1 fully saturated rings. The first-order chi connectivity index (χ1) is 9.22. The van der Waals surface area contributed by atoms with Crippen LogP contribution in [0.2, 0.25) is 0 Å². The molecule has 5 heteroatoms. The minimum Gasteiger partial charge on any atom is -0.339 e. The lowest BCUT2D eigenvalue weighted by Gasteiger charge is -2.16. The Morgan fingerprint density at radius 3 is 3.05 bits per heavy atom. The fourth-order valence-corrected chi connectivity index (χ4v) is 2.56. The van der Waals surface area contributed by atoms with Crippen LogP contribution in [-0.2, 0) is 6.54 Å². The van der Waals surface area contributed by atoms with Crippen LogP contribution in [0.4, 0.5) is 0 Å². The lowest BCUT2D eigenvalue weighted by molar-refractivity contribution is 0.308. The standard InChI is InChI=1S/C14H18N4O/c1-10-3-5-15-7-13(10)9-18-6-4-12(8-18)14-16-11(2)17-19-14/h3,5,7,12H,4,6,8-9H2,1-2H3. The average molecular weight is 258 g/mol. The summed E-state index contributed by atoms with van der Waals surface area (Å²) in [5.41, 5.74) is 2.59. The maximum atomic E-state index is 5.27. The second-order valence-electron chi connectivity index (χ2n) is 5.20. The Morgan fingerprint density at radius 2 is 2.32 bits per heavy atom. The molecule has 1 saturated heterocycles. The van der Waals surface area contributed by atoms with Crippen LogP contribution in [0.3, 0.4) is 0 Å². The second kappa shape index (κ2) is 5.09. The summed E-state index contributed by atoms with van der Waals surface area (Å²) >= 11 is 0. The zero-order valence-corrected chi connectivity index (χ0v) is 11.3. The highest BCUT2D eigenvalue weighted by molar-refractivity contribution is 5.21. The minimum absolute atomic E-state index is 0.373. The van der Waals surface area contributed by atoms with E-state index < -0.39 is 0 Å². The van der Waals surface area contributed by atoms with Gasteiger partial charge in [0.2, 0.25) is 5.89 Å². The minimum atomic E-state index is 0.373. The number of rotatable bonds is 3. The van der Waals surface area contributed by atoms with Crippen molar-refractivity contribution in [3.8, 4) is 0 Å². The summed E-state index contributed by atoms with van der Waals surface area (Å²) in [5, 5.41) is 3.87. The molecular formula is C14H18N4O. The van der Waals surface area contributed by atoms with Gasteiger partial charge in [0.1, 0.15) is 0 Å². The van der Waals surface area contributed by atoms with Gasteiger partial charge in [0.15, 0.2) is 5.82 Å². The maximum absolute atomic E-state index is 5.27. The van der Waals surface area contributed by atoms with Gasteiger partial charge in [-0.05, 0) is 44.0 Å². The molecular weight excluding hydrogens is 240 g/mol. The highest BCUT2D eigenvalue weighted by Crippen LogP contribution is 2.27. The first-order valence-electron chi connectivity index (χ1n) is 6.64. The molecule has 19 heavy (non-hydrogen) atoms. The predicted molar refractivity (Wildman–Crippen MR) is 70.6 cm³/mol. The summed E-state index contributed by atoms with van der Waals surface area (Å²) in [6.45, 7) is 6.99. The number of likely N-dealkylation sites (tertiary alicyclic amines) is 1. The van der Waals surface area contributed by atoms with E-state index >= 15 is 0 Å². The summed E-state index contributed by atoms with van der Waals surface area (Å²) in [6.07, 6.45) is 4.88. The van der Waals surface area contributed by atoms with E-state index in [0.29, 0.717) is 5.92 Å². The zero-order chi connectivity index (χ0) is 13.2. The predicted octanol–water partition coefficient (Wildman–Crippen LogP) is 2.07. The van der Waals surface area contributed by atoms with E-state index in [0.717, 1.165) is 37.8 Å². The molecule has 1 aliphatic rings. The lowest BCUT2D eigenvalue weighted by atomic mass is 10.1. The fraction of sp³-hybridized carbons (Fsp3) is 0.500. The van der Waals surface area contributed by atoms with Crippen molar-refractivity contribution in [1.29, 1.82) is 0 Å². The molecule has 0 aliphatic carbocycles. The third-order valence-corrected chi connectivity index (χ3v) is 3.71. The Balaban J connectivity index is 1.65. The topological polar surface area (TPSA) is 55.1 Å². The normalized spacial score (nSPS) is 20.0. The summed E-state index contributed by atoms with van der Waals surface area (Å²) < 4.78 is 5.27. The molecule has 0 saturated carbocycles. The van der Waals surface area contributed by atoms with E-state index in [1.807, 2.05) is 19.3 Å². The molecule has 1 aliphatic heterocycles. The molecule has 2 aromatic rings. The molecule has 1 atom stereocenters. The lowest BCUT2D eigenvalue weighted by Crippen LogP contribution is -2.20. The third-order valence-electron chi connectivity index (χ3n) is 3.71. The van der Waals surface area contributed by atoms with E-state index in [1.54, 1.807) is 0 Å². The Morgan fingerprint density at radius 1 is 1.42 bits per heavy atom. The van der Waals surface area contributed by atoms with E-state index in [-0.39, 0.29) is 0 Å². The molecule has 2 aromatic heterocycles.